The first-order valence-electron chi connectivity index (χ1n) is 12.9. The predicted molar refractivity (Wildman–Crippen MR) is 144 cm³/mol. The number of nitrogens with one attached hydrogen (secondary N) is 4. The maximum Gasteiger partial charge on any atom is 0.411 e. The predicted octanol–water partition coefficient (Wildman–Crippen LogP) is 0.258. The summed E-state index contributed by atoms with van der Waals surface area (Å²) in [6.45, 7) is 10.8. The monoisotopic (exact) mass is 539 g/mol. The van der Waals surface area contributed by atoms with Gasteiger partial charge in [0, 0.05) is 37.7 Å². The summed E-state index contributed by atoms with van der Waals surface area (Å²) in [5, 5.41) is 11.9. The molecule has 1 rings (SSSR count). The van der Waals surface area contributed by atoms with Gasteiger partial charge in [-0.15, -0.1) is 0 Å². The fourth-order valence-corrected chi connectivity index (χ4v) is 3.93. The molecule has 0 spiro atoms. The zero-order valence-corrected chi connectivity index (χ0v) is 23.4. The molecule has 12 heteroatoms. The van der Waals surface area contributed by atoms with Gasteiger partial charge in [-0.3, -0.25) is 29.8 Å². The Labute approximate surface area is 224 Å². The molecule has 3 atom stereocenters. The third-order valence-electron chi connectivity index (χ3n) is 6.33. The van der Waals surface area contributed by atoms with Gasteiger partial charge in [0.2, 0.25) is 5.91 Å². The normalized spacial score (nSPS) is 15.5. The van der Waals surface area contributed by atoms with Crippen LogP contribution in [0.4, 0.5) is 4.79 Å². The van der Waals surface area contributed by atoms with Gasteiger partial charge in [0.15, 0.2) is 10.9 Å². The minimum absolute atomic E-state index is 0.0438. The van der Waals surface area contributed by atoms with E-state index in [0.717, 1.165) is 0 Å². The van der Waals surface area contributed by atoms with Crippen LogP contribution in [0.1, 0.15) is 60.3 Å². The summed E-state index contributed by atoms with van der Waals surface area (Å²) in [5.74, 6) is -1.18. The molecule has 37 heavy (non-hydrogen) atoms. The van der Waals surface area contributed by atoms with Gasteiger partial charge in [-0.05, 0) is 49.7 Å². The first kappa shape index (κ1) is 32.2. The van der Waals surface area contributed by atoms with E-state index in [1.807, 2.05) is 34.6 Å². The van der Waals surface area contributed by atoms with Crippen molar-refractivity contribution in [2.24, 2.45) is 17.8 Å². The third-order valence-corrected chi connectivity index (χ3v) is 6.59. The molecular weight excluding hydrogens is 496 g/mol. The number of carbonyl (C=O) groups excluding carboxylic acids is 5. The minimum atomic E-state index is -0.679. The molecule has 1 aliphatic heterocycles. The highest BCUT2D eigenvalue weighted by Gasteiger charge is 2.31. The molecule has 0 aliphatic carbocycles. The lowest BCUT2D eigenvalue weighted by atomic mass is 9.88. The molecule has 208 valence electrons. The molecule has 0 saturated carbocycles. The molecule has 0 aromatic carbocycles. The summed E-state index contributed by atoms with van der Waals surface area (Å²) in [6.07, 6.45) is 4.73. The number of hydrogen-bond donors (Lipinski definition) is 5. The van der Waals surface area contributed by atoms with Crippen molar-refractivity contribution in [2.45, 2.75) is 72.4 Å². The van der Waals surface area contributed by atoms with Crippen LogP contribution in [0.3, 0.4) is 0 Å². The Bertz CT molecular complexity index is 858. The fourth-order valence-electron chi connectivity index (χ4n) is 3.70. The van der Waals surface area contributed by atoms with Gasteiger partial charge in [-0.25, -0.2) is 4.79 Å². The SMILES string of the molecule is CC(C)C(C)C(=O)C(CCCNC([NH3+])=O)NC(=O)C(NC(=S)NCCCCN1C(=O)C=CC1=O)C(C)C. The van der Waals surface area contributed by atoms with Crippen molar-refractivity contribution < 1.29 is 29.7 Å². The highest BCUT2D eigenvalue weighted by molar-refractivity contribution is 7.80. The van der Waals surface area contributed by atoms with E-state index in [1.165, 1.54) is 17.1 Å². The summed E-state index contributed by atoms with van der Waals surface area (Å²) in [5.41, 5.74) is 3.27. The first-order valence-corrected chi connectivity index (χ1v) is 13.3. The van der Waals surface area contributed by atoms with Crippen molar-refractivity contribution in [3.05, 3.63) is 12.2 Å². The molecule has 0 fully saturated rings. The Balaban J connectivity index is 2.62. The van der Waals surface area contributed by atoms with Crippen molar-refractivity contribution in [1.29, 1.82) is 0 Å². The van der Waals surface area contributed by atoms with Crippen molar-refractivity contribution in [3.63, 3.8) is 0 Å². The summed E-state index contributed by atoms with van der Waals surface area (Å²) in [7, 11) is 0. The Morgan fingerprint density at radius 3 is 2.03 bits per heavy atom. The van der Waals surface area contributed by atoms with E-state index in [1.54, 1.807) is 0 Å². The molecule has 0 saturated heterocycles. The molecule has 5 amide bonds. The summed E-state index contributed by atoms with van der Waals surface area (Å²) < 4.78 is 0. The van der Waals surface area contributed by atoms with Crippen molar-refractivity contribution in [3.8, 4) is 0 Å². The molecule has 0 aromatic heterocycles. The van der Waals surface area contributed by atoms with Gasteiger partial charge >= 0.3 is 6.03 Å². The van der Waals surface area contributed by atoms with Gasteiger partial charge in [0.25, 0.3) is 11.8 Å². The number of rotatable bonds is 16. The van der Waals surface area contributed by atoms with E-state index in [0.29, 0.717) is 50.4 Å². The maximum absolute atomic E-state index is 13.2. The van der Waals surface area contributed by atoms with E-state index in [4.69, 9.17) is 12.2 Å². The lowest BCUT2D eigenvalue weighted by molar-refractivity contribution is -0.250. The number of nitrogens with zero attached hydrogens (tertiary/aromatic N) is 1. The highest BCUT2D eigenvalue weighted by atomic mass is 32.1. The average molecular weight is 540 g/mol. The zero-order chi connectivity index (χ0) is 28.1. The first-order chi connectivity index (χ1) is 17.3. The number of unbranched alkanes of at least 4 members (excludes halogenated alkanes) is 1. The number of thiocarbonyl (C=S) groups is 1. The molecule has 11 nitrogen and oxygen atoms in total. The Morgan fingerprint density at radius 1 is 0.892 bits per heavy atom. The smallest absolute Gasteiger partial charge is 0.363 e. The number of ketones is 1. The van der Waals surface area contributed by atoms with Gasteiger partial charge in [-0.1, -0.05) is 34.6 Å². The second-order valence-corrected chi connectivity index (χ2v) is 10.4. The quantitative estimate of drug-likeness (QED) is 0.106. The molecule has 1 heterocycles. The number of urea groups is 1. The molecular formula is C25H43N6O5S+. The van der Waals surface area contributed by atoms with Gasteiger partial charge in [0.1, 0.15) is 6.04 Å². The lowest BCUT2D eigenvalue weighted by Gasteiger charge is -2.28. The largest absolute Gasteiger partial charge is 0.411 e. The lowest BCUT2D eigenvalue weighted by Crippen LogP contribution is -2.63. The number of Topliss-reactive ketones (excluding diaryl/α,β-unsaturated/α-hetero) is 1. The van der Waals surface area contributed by atoms with E-state index in [2.05, 4.69) is 27.0 Å². The second-order valence-electron chi connectivity index (χ2n) is 9.98. The van der Waals surface area contributed by atoms with Crippen LogP contribution in [-0.4, -0.2) is 71.3 Å². The van der Waals surface area contributed by atoms with Crippen molar-refractivity contribution >= 4 is 46.9 Å². The van der Waals surface area contributed by atoms with Crippen molar-refractivity contribution in [1.82, 2.24) is 26.2 Å². The molecule has 1 aliphatic rings. The topological polar surface area (TPSA) is 164 Å². The Kier molecular flexibility index (Phi) is 14.0. The van der Waals surface area contributed by atoms with Crippen LogP contribution in [0.15, 0.2) is 12.2 Å². The average Bonchev–Trinajstić information content (AvgIpc) is 3.14. The standard InChI is InChI=1S/C25H42N6O5S/c1-15(2)17(5)22(34)18(9-8-13-27-24(26)36)29-23(35)21(16(3)4)30-25(37)28-12-6-7-14-31-19(32)10-11-20(31)33/h10-11,15-18,21H,6-9,12-14H2,1-5H3,(H,29,35)(H3,26,27,36)(H2,28,30,37)/p+1. The zero-order valence-electron chi connectivity index (χ0n) is 22.6. The molecule has 0 bridgehead atoms. The van der Waals surface area contributed by atoms with Crippen LogP contribution < -0.4 is 27.0 Å². The number of amides is 5. The molecule has 0 aromatic rings. The van der Waals surface area contributed by atoms with Gasteiger partial charge in [-0.2, -0.15) is 0 Å². The number of imide groups is 1. The summed E-state index contributed by atoms with van der Waals surface area (Å²) in [4.78, 5) is 61.7. The molecule has 0 radical (unpaired) electrons. The molecule has 7 N–H and O–H groups in total. The van der Waals surface area contributed by atoms with Crippen LogP contribution in [0, 0.1) is 17.8 Å². The number of quaternary nitrogens is 1. The van der Waals surface area contributed by atoms with E-state index in [9.17, 15) is 24.0 Å². The van der Waals surface area contributed by atoms with Crippen LogP contribution in [-0.2, 0) is 19.2 Å². The molecule has 3 unspecified atom stereocenters. The summed E-state index contributed by atoms with van der Waals surface area (Å²) >= 11 is 5.37. The van der Waals surface area contributed by atoms with E-state index >= 15 is 0 Å². The van der Waals surface area contributed by atoms with Gasteiger partial charge < -0.3 is 21.3 Å². The van der Waals surface area contributed by atoms with Crippen LogP contribution >= 0.6 is 12.2 Å². The number of carbonyl (C=O) groups is 5. The second kappa shape index (κ2) is 16.1. The Hall–Kier alpha value is -2.86. The third kappa shape index (κ3) is 11.4. The van der Waals surface area contributed by atoms with Crippen LogP contribution in [0.25, 0.3) is 0 Å². The highest BCUT2D eigenvalue weighted by Crippen LogP contribution is 2.16. The minimum Gasteiger partial charge on any atom is -0.363 e. The van der Waals surface area contributed by atoms with Crippen LogP contribution in [0.2, 0.25) is 0 Å². The van der Waals surface area contributed by atoms with E-state index in [-0.39, 0.29) is 47.3 Å². The Morgan fingerprint density at radius 2 is 1.49 bits per heavy atom. The van der Waals surface area contributed by atoms with Gasteiger partial charge in [0.05, 0.1) is 6.04 Å². The fraction of sp³-hybridized carbons (Fsp3) is 0.680. The van der Waals surface area contributed by atoms with E-state index < -0.39 is 12.1 Å². The van der Waals surface area contributed by atoms with Crippen molar-refractivity contribution in [2.75, 3.05) is 19.6 Å². The van der Waals surface area contributed by atoms with Crippen LogP contribution in [0.5, 0.6) is 0 Å². The number of hydrogen-bond acceptors (Lipinski definition) is 6. The maximum atomic E-state index is 13.2. The summed E-state index contributed by atoms with van der Waals surface area (Å²) in [6, 6.07) is -1.72.